The summed E-state index contributed by atoms with van der Waals surface area (Å²) in [4.78, 5) is 26.3. The Morgan fingerprint density at radius 2 is 1.86 bits per heavy atom. The molecule has 2 aromatic rings. The molecule has 3 rings (SSSR count). The lowest BCUT2D eigenvalue weighted by atomic mass is 10.3. The van der Waals surface area contributed by atoms with Gasteiger partial charge in [-0.1, -0.05) is 11.6 Å². The zero-order valence-electron chi connectivity index (χ0n) is 10.5. The largest absolute Gasteiger partial charge is 0.333 e. The highest BCUT2D eigenvalue weighted by Gasteiger charge is 2.34. The van der Waals surface area contributed by atoms with Crippen molar-refractivity contribution in [2.75, 3.05) is 4.90 Å². The molecule has 0 radical (unpaired) electrons. The van der Waals surface area contributed by atoms with Crippen LogP contribution in [0.4, 0.5) is 10.5 Å². The first kappa shape index (κ1) is 14.3. The van der Waals surface area contributed by atoms with E-state index in [2.05, 4.69) is 21.2 Å². The van der Waals surface area contributed by atoms with E-state index in [1.54, 1.807) is 30.3 Å². The second-order valence-corrected chi connectivity index (χ2v) is 7.18. The Morgan fingerprint density at radius 3 is 2.48 bits per heavy atom. The van der Waals surface area contributed by atoms with Gasteiger partial charge in [-0.05, 0) is 58.4 Å². The van der Waals surface area contributed by atoms with E-state index in [4.69, 9.17) is 11.6 Å². The second kappa shape index (κ2) is 5.63. The Hall–Kier alpha value is -1.63. The minimum Gasteiger partial charge on any atom is -0.302 e. The normalized spacial score (nSPS) is 16.7. The van der Waals surface area contributed by atoms with Crippen molar-refractivity contribution in [3.05, 3.63) is 55.8 Å². The van der Waals surface area contributed by atoms with Gasteiger partial charge >= 0.3 is 6.03 Å². The van der Waals surface area contributed by atoms with E-state index in [1.165, 1.54) is 11.3 Å². The van der Waals surface area contributed by atoms with Crippen LogP contribution in [0, 0.1) is 0 Å². The number of amides is 3. The summed E-state index contributed by atoms with van der Waals surface area (Å²) in [6, 6.07) is 9.81. The fourth-order valence-corrected chi connectivity index (χ4v) is 3.40. The predicted molar refractivity (Wildman–Crippen MR) is 87.5 cm³/mol. The fourth-order valence-electron chi connectivity index (χ4n) is 1.91. The molecule has 0 bridgehead atoms. The van der Waals surface area contributed by atoms with Gasteiger partial charge in [0.2, 0.25) is 0 Å². The molecule has 0 saturated carbocycles. The number of thiophene rings is 1. The lowest BCUT2D eigenvalue weighted by Crippen LogP contribution is -2.30. The molecule has 7 heteroatoms. The number of nitrogens with zero attached hydrogens (tertiary/aromatic N) is 1. The molecule has 4 nitrogen and oxygen atoms in total. The molecule has 1 fully saturated rings. The minimum atomic E-state index is -0.468. The Balaban J connectivity index is 1.92. The van der Waals surface area contributed by atoms with Crippen molar-refractivity contribution in [1.82, 2.24) is 5.32 Å². The number of hydrogen-bond donors (Lipinski definition) is 1. The van der Waals surface area contributed by atoms with E-state index in [9.17, 15) is 9.59 Å². The van der Waals surface area contributed by atoms with Crippen molar-refractivity contribution in [3.8, 4) is 0 Å². The van der Waals surface area contributed by atoms with E-state index in [-0.39, 0.29) is 11.6 Å². The molecule has 1 N–H and O–H groups in total. The van der Waals surface area contributed by atoms with Crippen LogP contribution in [-0.2, 0) is 4.79 Å². The summed E-state index contributed by atoms with van der Waals surface area (Å²) in [6.07, 6.45) is 1.66. The third kappa shape index (κ3) is 2.88. The van der Waals surface area contributed by atoms with Gasteiger partial charge < -0.3 is 5.32 Å². The van der Waals surface area contributed by atoms with E-state index in [0.29, 0.717) is 10.7 Å². The second-order valence-electron chi connectivity index (χ2n) is 4.25. The van der Waals surface area contributed by atoms with Gasteiger partial charge in [0.25, 0.3) is 5.91 Å². The molecular formula is C14H8BrClN2O2S. The highest BCUT2D eigenvalue weighted by molar-refractivity contribution is 9.11. The van der Waals surface area contributed by atoms with Gasteiger partial charge in [-0.15, -0.1) is 11.3 Å². The van der Waals surface area contributed by atoms with Crippen molar-refractivity contribution in [2.24, 2.45) is 0 Å². The lowest BCUT2D eigenvalue weighted by molar-refractivity contribution is -0.113. The van der Waals surface area contributed by atoms with Gasteiger partial charge in [0.05, 0.1) is 9.47 Å². The molecule has 3 amide bonds. The van der Waals surface area contributed by atoms with Crippen LogP contribution in [-0.4, -0.2) is 11.9 Å². The number of carbonyl (C=O) groups is 2. The number of imide groups is 1. The number of hydrogen-bond acceptors (Lipinski definition) is 3. The summed E-state index contributed by atoms with van der Waals surface area (Å²) in [6.45, 7) is 0. The van der Waals surface area contributed by atoms with Crippen LogP contribution in [0.15, 0.2) is 45.9 Å². The summed E-state index contributed by atoms with van der Waals surface area (Å²) in [7, 11) is 0. The smallest absolute Gasteiger partial charge is 0.302 e. The maximum absolute atomic E-state index is 12.3. The number of urea groups is 1. The zero-order chi connectivity index (χ0) is 15.0. The van der Waals surface area contributed by atoms with Gasteiger partial charge in [0.15, 0.2) is 0 Å². The van der Waals surface area contributed by atoms with Gasteiger partial charge in [0.1, 0.15) is 5.70 Å². The average Bonchev–Trinajstić information content (AvgIpc) is 2.96. The van der Waals surface area contributed by atoms with E-state index in [0.717, 1.165) is 13.6 Å². The predicted octanol–water partition coefficient (Wildman–Crippen LogP) is 4.26. The number of halogens is 2. The van der Waals surface area contributed by atoms with Crippen molar-refractivity contribution < 1.29 is 9.59 Å². The van der Waals surface area contributed by atoms with Crippen LogP contribution in [0.1, 0.15) is 4.88 Å². The van der Waals surface area contributed by atoms with Gasteiger partial charge in [0, 0.05) is 9.90 Å². The Bertz CT molecular complexity index is 755. The Kier molecular flexibility index (Phi) is 3.84. The van der Waals surface area contributed by atoms with Crippen LogP contribution >= 0.6 is 38.9 Å². The van der Waals surface area contributed by atoms with Crippen LogP contribution < -0.4 is 10.2 Å². The van der Waals surface area contributed by atoms with Gasteiger partial charge in [-0.2, -0.15) is 0 Å². The van der Waals surface area contributed by atoms with Crippen LogP contribution in [0.3, 0.4) is 0 Å². The topological polar surface area (TPSA) is 49.4 Å². The molecule has 0 atom stereocenters. The Morgan fingerprint density at radius 1 is 1.14 bits per heavy atom. The SMILES string of the molecule is O=C1N/C(=C/c2ccc(Br)s2)C(=O)N1c1ccc(Cl)cc1. The molecule has 1 aromatic carbocycles. The zero-order valence-corrected chi connectivity index (χ0v) is 13.6. The molecule has 2 heterocycles. The molecule has 1 aliphatic rings. The summed E-state index contributed by atoms with van der Waals surface area (Å²) in [5, 5.41) is 3.13. The number of anilines is 1. The number of nitrogens with one attached hydrogen (secondary N) is 1. The summed E-state index contributed by atoms with van der Waals surface area (Å²) in [5.74, 6) is -0.383. The average molecular weight is 384 g/mol. The third-order valence-electron chi connectivity index (χ3n) is 2.84. The van der Waals surface area contributed by atoms with Gasteiger partial charge in [-0.3, -0.25) is 4.79 Å². The van der Waals surface area contributed by atoms with Crippen LogP contribution in [0.25, 0.3) is 6.08 Å². The van der Waals surface area contributed by atoms with Crippen molar-refractivity contribution >= 4 is 62.6 Å². The molecule has 21 heavy (non-hydrogen) atoms. The van der Waals surface area contributed by atoms with E-state index < -0.39 is 6.03 Å². The third-order valence-corrected chi connectivity index (χ3v) is 4.67. The lowest BCUT2D eigenvalue weighted by Gasteiger charge is -2.11. The molecule has 0 unspecified atom stereocenters. The first-order valence-corrected chi connectivity index (χ1v) is 7.91. The van der Waals surface area contributed by atoms with E-state index >= 15 is 0 Å². The molecule has 1 aromatic heterocycles. The monoisotopic (exact) mass is 382 g/mol. The highest BCUT2D eigenvalue weighted by atomic mass is 79.9. The fraction of sp³-hybridized carbons (Fsp3) is 0. The van der Waals surface area contributed by atoms with Crippen LogP contribution in [0.2, 0.25) is 5.02 Å². The molecule has 1 saturated heterocycles. The minimum absolute atomic E-state index is 0.254. The number of benzene rings is 1. The standard InChI is InChI=1S/C14H8BrClN2O2S/c15-12-6-5-10(21-12)7-11-13(19)18(14(20)17-11)9-3-1-8(16)2-4-9/h1-7H,(H,17,20)/b11-7+. The quantitative estimate of drug-likeness (QED) is 0.622. The van der Waals surface area contributed by atoms with Crippen molar-refractivity contribution in [1.29, 1.82) is 0 Å². The first-order chi connectivity index (χ1) is 10.0. The maximum atomic E-state index is 12.3. The van der Waals surface area contributed by atoms with Crippen molar-refractivity contribution in [2.45, 2.75) is 0 Å². The number of carbonyl (C=O) groups excluding carboxylic acids is 2. The molecule has 0 spiro atoms. The van der Waals surface area contributed by atoms with Crippen LogP contribution in [0.5, 0.6) is 0 Å². The van der Waals surface area contributed by atoms with E-state index in [1.807, 2.05) is 12.1 Å². The number of rotatable bonds is 2. The molecule has 0 aliphatic carbocycles. The highest BCUT2D eigenvalue weighted by Crippen LogP contribution is 2.27. The van der Waals surface area contributed by atoms with Gasteiger partial charge in [-0.25, -0.2) is 9.69 Å². The first-order valence-electron chi connectivity index (χ1n) is 5.92. The molecule has 1 aliphatic heterocycles. The summed E-state index contributed by atoms with van der Waals surface area (Å²) >= 11 is 10.6. The maximum Gasteiger partial charge on any atom is 0.333 e. The Labute approximate surface area is 138 Å². The summed E-state index contributed by atoms with van der Waals surface area (Å²) in [5.41, 5.74) is 0.738. The molecular weight excluding hydrogens is 376 g/mol. The van der Waals surface area contributed by atoms with Crippen molar-refractivity contribution in [3.63, 3.8) is 0 Å². The molecule has 106 valence electrons. The summed E-state index contributed by atoms with van der Waals surface area (Å²) < 4.78 is 0.959.